The van der Waals surface area contributed by atoms with Crippen LogP contribution in [0.2, 0.25) is 0 Å². The van der Waals surface area contributed by atoms with E-state index in [1.165, 1.54) is 23.0 Å². The van der Waals surface area contributed by atoms with E-state index in [0.29, 0.717) is 42.3 Å². The highest BCUT2D eigenvalue weighted by molar-refractivity contribution is 5.76. The Morgan fingerprint density at radius 3 is 2.83 bits per heavy atom. The number of aryl methyl sites for hydroxylation is 1. The van der Waals surface area contributed by atoms with Gasteiger partial charge in [0.25, 0.3) is 0 Å². The third-order valence-electron chi connectivity index (χ3n) is 6.06. The Kier molecular flexibility index (Phi) is 4.68. The summed E-state index contributed by atoms with van der Waals surface area (Å²) in [6.45, 7) is 2.86. The zero-order valence-electron chi connectivity index (χ0n) is 16.3. The Morgan fingerprint density at radius 2 is 2.00 bits per heavy atom. The molecule has 2 unspecified atom stereocenters. The number of fused-ring (bicyclic) bond motifs is 2. The van der Waals surface area contributed by atoms with Gasteiger partial charge in [-0.2, -0.15) is 0 Å². The third-order valence-corrected chi connectivity index (χ3v) is 6.06. The number of rotatable bonds is 3. The summed E-state index contributed by atoms with van der Waals surface area (Å²) in [5, 5.41) is 24.8. The fraction of sp³-hybridized carbons (Fsp3) is 0.429. The van der Waals surface area contributed by atoms with Crippen molar-refractivity contribution in [2.75, 3.05) is 6.54 Å². The van der Waals surface area contributed by atoms with Crippen LogP contribution >= 0.6 is 0 Å². The minimum Gasteiger partial charge on any atom is -0.487 e. The fourth-order valence-corrected chi connectivity index (χ4v) is 4.50. The predicted molar refractivity (Wildman–Crippen MR) is 104 cm³/mol. The predicted octanol–water partition coefficient (Wildman–Crippen LogP) is 1.78. The molecule has 0 spiro atoms. The second-order valence-electron chi connectivity index (χ2n) is 7.91. The Bertz CT molecular complexity index is 1120. The molecule has 158 valence electrons. The number of aliphatic hydroxyl groups excluding tert-OH is 2. The molecule has 7 nitrogen and oxygen atoms in total. The van der Waals surface area contributed by atoms with E-state index in [2.05, 4.69) is 15.3 Å². The molecule has 3 aromatic rings. The summed E-state index contributed by atoms with van der Waals surface area (Å²) in [5.74, 6) is 0.202. The van der Waals surface area contributed by atoms with Gasteiger partial charge in [0.05, 0.1) is 11.4 Å². The normalized spacial score (nSPS) is 26.2. The molecule has 30 heavy (non-hydrogen) atoms. The third kappa shape index (κ3) is 3.05. The average molecular weight is 416 g/mol. The van der Waals surface area contributed by atoms with Crippen LogP contribution in [0.3, 0.4) is 0 Å². The lowest BCUT2D eigenvalue weighted by atomic mass is 9.99. The van der Waals surface area contributed by atoms with E-state index in [9.17, 15) is 19.0 Å². The maximum absolute atomic E-state index is 14.4. The van der Waals surface area contributed by atoms with Crippen LogP contribution in [0.4, 0.5) is 8.78 Å². The summed E-state index contributed by atoms with van der Waals surface area (Å²) in [5.41, 5.74) is 1.70. The van der Waals surface area contributed by atoms with Crippen LogP contribution in [0.1, 0.15) is 29.4 Å². The molecule has 1 aliphatic heterocycles. The van der Waals surface area contributed by atoms with Crippen molar-refractivity contribution in [1.82, 2.24) is 19.9 Å². The molecule has 5 rings (SSSR count). The van der Waals surface area contributed by atoms with Crippen LogP contribution < -0.4 is 10.1 Å². The number of aliphatic hydroxyl groups is 2. The van der Waals surface area contributed by atoms with E-state index in [4.69, 9.17) is 4.74 Å². The monoisotopic (exact) mass is 416 g/mol. The molecule has 0 saturated heterocycles. The number of hydrogen-bond acceptors (Lipinski definition) is 6. The highest BCUT2D eigenvalue weighted by Gasteiger charge is 2.45. The molecule has 0 radical (unpaired) electrons. The van der Waals surface area contributed by atoms with Gasteiger partial charge < -0.3 is 24.8 Å². The van der Waals surface area contributed by atoms with Gasteiger partial charge in [-0.3, -0.25) is 0 Å². The van der Waals surface area contributed by atoms with E-state index in [1.807, 2.05) is 0 Å². The highest BCUT2D eigenvalue weighted by Crippen LogP contribution is 2.38. The number of nitrogens with zero attached hydrogens (tertiary/aromatic N) is 3. The van der Waals surface area contributed by atoms with Crippen molar-refractivity contribution in [3.63, 3.8) is 0 Å². The number of ether oxygens (including phenoxy) is 1. The quantitative estimate of drug-likeness (QED) is 0.603. The maximum atomic E-state index is 14.4. The molecule has 1 fully saturated rings. The van der Waals surface area contributed by atoms with E-state index >= 15 is 0 Å². The van der Waals surface area contributed by atoms with Crippen molar-refractivity contribution in [2.45, 2.75) is 50.7 Å². The Hall–Kier alpha value is -2.62. The number of hydrogen-bond donors (Lipinski definition) is 3. The average Bonchev–Trinajstić information content (AvgIpc) is 3.21. The van der Waals surface area contributed by atoms with Gasteiger partial charge in [0.2, 0.25) is 0 Å². The summed E-state index contributed by atoms with van der Waals surface area (Å²) >= 11 is 0. The van der Waals surface area contributed by atoms with Crippen molar-refractivity contribution in [2.24, 2.45) is 0 Å². The van der Waals surface area contributed by atoms with Crippen molar-refractivity contribution < 1.29 is 23.7 Å². The molecule has 9 heteroatoms. The van der Waals surface area contributed by atoms with Gasteiger partial charge in [0, 0.05) is 30.9 Å². The zero-order chi connectivity index (χ0) is 21.0. The van der Waals surface area contributed by atoms with E-state index in [0.717, 1.165) is 5.56 Å². The number of halogens is 2. The van der Waals surface area contributed by atoms with Crippen molar-refractivity contribution in [1.29, 1.82) is 0 Å². The van der Waals surface area contributed by atoms with Crippen molar-refractivity contribution >= 4 is 11.0 Å². The van der Waals surface area contributed by atoms with Gasteiger partial charge in [-0.15, -0.1) is 0 Å². The fourth-order valence-electron chi connectivity index (χ4n) is 4.50. The summed E-state index contributed by atoms with van der Waals surface area (Å²) in [7, 11) is 0. The first-order chi connectivity index (χ1) is 14.4. The van der Waals surface area contributed by atoms with Crippen molar-refractivity contribution in [3.05, 3.63) is 53.1 Å². The standard InChI is InChI=1S/C21H22F2N4O3/c1-10-25-8-13-15(23)9-27(21(13)26-10)16-6-18(20(29)19(16)28)30-17-3-2-14(22)11-4-5-24-7-12(11)17/h2-3,8-9,16,18-20,24,28-29H,4-7H2,1H3/t16?,18?,19-,20+/m0/s1. The first kappa shape index (κ1) is 19.3. The van der Waals surface area contributed by atoms with Crippen LogP contribution in [0.5, 0.6) is 5.75 Å². The summed E-state index contributed by atoms with van der Waals surface area (Å²) in [6, 6.07) is 2.29. The molecule has 0 bridgehead atoms. The lowest BCUT2D eigenvalue weighted by molar-refractivity contribution is -0.0167. The smallest absolute Gasteiger partial charge is 0.151 e. The molecule has 4 atom stereocenters. The van der Waals surface area contributed by atoms with E-state index in [1.54, 1.807) is 13.0 Å². The largest absolute Gasteiger partial charge is 0.487 e. The molecule has 1 aromatic carbocycles. The lowest BCUT2D eigenvalue weighted by Gasteiger charge is -2.24. The zero-order valence-corrected chi connectivity index (χ0v) is 16.3. The topological polar surface area (TPSA) is 92.4 Å². The van der Waals surface area contributed by atoms with E-state index in [-0.39, 0.29) is 17.6 Å². The molecular formula is C21H22F2N4O3. The van der Waals surface area contributed by atoms with Crippen LogP contribution in [-0.4, -0.2) is 49.6 Å². The number of nitrogens with one attached hydrogen (secondary N) is 1. The van der Waals surface area contributed by atoms with Gasteiger partial charge in [0.1, 0.15) is 41.4 Å². The van der Waals surface area contributed by atoms with Gasteiger partial charge in [-0.25, -0.2) is 18.7 Å². The minimum absolute atomic E-state index is 0.244. The number of benzene rings is 1. The molecule has 2 aromatic heterocycles. The van der Waals surface area contributed by atoms with Gasteiger partial charge in [0.15, 0.2) is 5.82 Å². The van der Waals surface area contributed by atoms with Crippen molar-refractivity contribution in [3.8, 4) is 5.75 Å². The second kappa shape index (κ2) is 7.26. The number of aromatic nitrogens is 3. The second-order valence-corrected chi connectivity index (χ2v) is 7.91. The Morgan fingerprint density at radius 1 is 1.17 bits per heavy atom. The maximum Gasteiger partial charge on any atom is 0.151 e. The van der Waals surface area contributed by atoms with Gasteiger partial charge >= 0.3 is 0 Å². The van der Waals surface area contributed by atoms with Crippen LogP contribution in [-0.2, 0) is 13.0 Å². The first-order valence-electron chi connectivity index (χ1n) is 9.97. The molecule has 2 aliphatic rings. The lowest BCUT2D eigenvalue weighted by Crippen LogP contribution is -2.35. The van der Waals surface area contributed by atoms with Crippen LogP contribution in [0.15, 0.2) is 24.5 Å². The summed E-state index contributed by atoms with van der Waals surface area (Å²) in [4.78, 5) is 8.33. The van der Waals surface area contributed by atoms with Gasteiger partial charge in [-0.05, 0) is 37.6 Å². The van der Waals surface area contributed by atoms with Crippen LogP contribution in [0.25, 0.3) is 11.0 Å². The van der Waals surface area contributed by atoms with Crippen LogP contribution in [0, 0.1) is 18.6 Å². The molecule has 3 N–H and O–H groups in total. The summed E-state index contributed by atoms with van der Waals surface area (Å²) < 4.78 is 36.1. The minimum atomic E-state index is -1.18. The molecule has 1 aliphatic carbocycles. The van der Waals surface area contributed by atoms with E-state index < -0.39 is 30.2 Å². The first-order valence-corrected chi connectivity index (χ1v) is 9.97. The highest BCUT2D eigenvalue weighted by atomic mass is 19.1. The molecule has 0 amide bonds. The molecular weight excluding hydrogens is 394 g/mol. The molecule has 1 saturated carbocycles. The SMILES string of the molecule is Cc1ncc2c(F)cn(C3CC(Oc4ccc(F)c5c4CNCC5)[C@@H](O)[C@H]3O)c2n1. The summed E-state index contributed by atoms with van der Waals surface area (Å²) in [6.07, 6.45) is 0.396. The van der Waals surface area contributed by atoms with Gasteiger partial charge in [-0.1, -0.05) is 0 Å². The Balaban J connectivity index is 1.46. The molecule has 3 heterocycles. The Labute approximate surface area is 171 Å².